The van der Waals surface area contributed by atoms with Crippen LogP contribution in [0.2, 0.25) is 0 Å². The molecule has 2 aliphatic rings. The maximum Gasteiger partial charge on any atom is 0.413 e. The topological polar surface area (TPSA) is 145 Å². The summed E-state index contributed by atoms with van der Waals surface area (Å²) in [5.74, 6) is -0.629. The van der Waals surface area contributed by atoms with Crippen LogP contribution in [0.3, 0.4) is 0 Å². The van der Waals surface area contributed by atoms with Gasteiger partial charge in [-0.1, -0.05) is 6.92 Å². The fourth-order valence-corrected chi connectivity index (χ4v) is 4.15. The second-order valence-electron chi connectivity index (χ2n) is 9.22. The van der Waals surface area contributed by atoms with E-state index in [0.29, 0.717) is 17.6 Å². The monoisotopic (exact) mass is 445 g/mol. The zero-order valence-electron chi connectivity index (χ0n) is 18.9. The van der Waals surface area contributed by atoms with Gasteiger partial charge >= 0.3 is 6.09 Å². The van der Waals surface area contributed by atoms with Crippen LogP contribution in [0.1, 0.15) is 53.7 Å². The third-order valence-electron chi connectivity index (χ3n) is 5.25. The van der Waals surface area contributed by atoms with Crippen molar-refractivity contribution in [3.8, 4) is 0 Å². The van der Waals surface area contributed by atoms with Gasteiger partial charge in [0.2, 0.25) is 5.72 Å². The van der Waals surface area contributed by atoms with E-state index in [9.17, 15) is 10.3 Å². The van der Waals surface area contributed by atoms with Crippen LogP contribution in [0, 0.1) is 0 Å². The highest BCUT2D eigenvalue weighted by molar-refractivity contribution is 5.88. The highest BCUT2D eigenvalue weighted by atomic mass is 16.8. The smallest absolute Gasteiger partial charge is 0.413 e. The summed E-state index contributed by atoms with van der Waals surface area (Å²) in [5, 5.41) is 11.0. The minimum Gasteiger partial charge on any atom is -0.444 e. The molecule has 12 heteroatoms. The first kappa shape index (κ1) is 22.3. The van der Waals surface area contributed by atoms with Crippen molar-refractivity contribution in [3.05, 3.63) is 34.6 Å². The SMILES string of the molecule is CC[C@H]1OC(N=[N+]=[N-])(c2ccc3c(NC(=O)OC(C)(C)C)ncnn23)[C@H]2OC(C)(C)OC12. The Kier molecular flexibility index (Phi) is 5.29. The first-order chi connectivity index (χ1) is 15.0. The van der Waals surface area contributed by atoms with Crippen molar-refractivity contribution >= 4 is 17.4 Å². The maximum absolute atomic E-state index is 12.3. The number of rotatable bonds is 4. The Morgan fingerprint density at radius 3 is 2.75 bits per heavy atom. The molecule has 2 aliphatic heterocycles. The van der Waals surface area contributed by atoms with Gasteiger partial charge in [-0.15, -0.1) is 0 Å². The number of azide groups is 1. The van der Waals surface area contributed by atoms with E-state index in [4.69, 9.17) is 18.9 Å². The molecule has 172 valence electrons. The molecule has 0 bridgehead atoms. The molecule has 2 aromatic heterocycles. The highest BCUT2D eigenvalue weighted by Gasteiger charge is 2.64. The average Bonchev–Trinajstić information content (AvgIpc) is 3.32. The van der Waals surface area contributed by atoms with Crippen LogP contribution in [0.25, 0.3) is 16.0 Å². The van der Waals surface area contributed by atoms with Crippen LogP contribution in [-0.4, -0.2) is 50.4 Å². The number of carbonyl (C=O) groups excluding carboxylic acids is 1. The standard InChI is InChI=1S/C20H27N7O5/c1-7-12-14-15(31-19(5,6)30-14)20(29-12,25-26-21)13-9-8-11-16(22-10-23-27(11)13)24-17(28)32-18(2,3)4/h8-10,12,14-15H,7H2,1-6H3,(H,22,23,24,28)/t12-,14?,15+,20?/m1/s1. The first-order valence-corrected chi connectivity index (χ1v) is 10.4. The number of nitrogens with zero attached hydrogens (tertiary/aromatic N) is 6. The van der Waals surface area contributed by atoms with Crippen molar-refractivity contribution < 1.29 is 23.7 Å². The Morgan fingerprint density at radius 1 is 1.34 bits per heavy atom. The van der Waals surface area contributed by atoms with Crippen molar-refractivity contribution in [1.29, 1.82) is 0 Å². The summed E-state index contributed by atoms with van der Waals surface area (Å²) in [5.41, 5.74) is 8.15. The van der Waals surface area contributed by atoms with Gasteiger partial charge < -0.3 is 18.9 Å². The van der Waals surface area contributed by atoms with Crippen molar-refractivity contribution in [2.45, 2.75) is 83.4 Å². The van der Waals surface area contributed by atoms with E-state index in [2.05, 4.69) is 25.4 Å². The number of hydrogen-bond donors (Lipinski definition) is 1. The van der Waals surface area contributed by atoms with E-state index >= 15 is 0 Å². The first-order valence-electron chi connectivity index (χ1n) is 10.4. The lowest BCUT2D eigenvalue weighted by Gasteiger charge is -2.30. The number of fused-ring (bicyclic) bond motifs is 2. The van der Waals surface area contributed by atoms with Gasteiger partial charge in [-0.2, -0.15) is 5.10 Å². The zero-order valence-corrected chi connectivity index (χ0v) is 18.9. The summed E-state index contributed by atoms with van der Waals surface area (Å²) in [6.07, 6.45) is -0.192. The largest absolute Gasteiger partial charge is 0.444 e. The fraction of sp³-hybridized carbons (Fsp3) is 0.650. The van der Waals surface area contributed by atoms with Crippen LogP contribution in [0.5, 0.6) is 0 Å². The number of anilines is 1. The van der Waals surface area contributed by atoms with E-state index in [-0.39, 0.29) is 11.9 Å². The lowest BCUT2D eigenvalue weighted by molar-refractivity contribution is -0.211. The molecule has 32 heavy (non-hydrogen) atoms. The minimum atomic E-state index is -1.52. The molecule has 4 heterocycles. The Hall–Kier alpha value is -2.92. The summed E-state index contributed by atoms with van der Waals surface area (Å²) in [6, 6.07) is 3.41. The van der Waals surface area contributed by atoms with Crippen molar-refractivity contribution in [2.24, 2.45) is 5.11 Å². The molecule has 0 aliphatic carbocycles. The molecule has 0 radical (unpaired) electrons. The molecular formula is C20H27N7O5. The van der Waals surface area contributed by atoms with Crippen LogP contribution < -0.4 is 5.32 Å². The molecule has 0 saturated carbocycles. The van der Waals surface area contributed by atoms with E-state index < -0.39 is 35.4 Å². The molecule has 1 amide bonds. The molecule has 1 N–H and O–H groups in total. The predicted octanol–water partition coefficient (Wildman–Crippen LogP) is 3.87. The maximum atomic E-state index is 12.3. The van der Waals surface area contributed by atoms with Gasteiger partial charge in [0.1, 0.15) is 29.7 Å². The summed E-state index contributed by atoms with van der Waals surface area (Å²) in [4.78, 5) is 19.5. The Balaban J connectivity index is 1.78. The van der Waals surface area contributed by atoms with E-state index in [1.54, 1.807) is 46.8 Å². The highest BCUT2D eigenvalue weighted by Crippen LogP contribution is 2.51. The second-order valence-corrected chi connectivity index (χ2v) is 9.22. The van der Waals surface area contributed by atoms with Crippen LogP contribution in [0.15, 0.2) is 23.6 Å². The fourth-order valence-electron chi connectivity index (χ4n) is 4.15. The molecule has 0 spiro atoms. The van der Waals surface area contributed by atoms with Gasteiger partial charge in [0, 0.05) is 4.91 Å². The molecule has 2 saturated heterocycles. The normalized spacial score (nSPS) is 28.9. The van der Waals surface area contributed by atoms with E-state index in [1.807, 2.05) is 6.92 Å². The predicted molar refractivity (Wildman–Crippen MR) is 113 cm³/mol. The number of nitrogens with one attached hydrogen (secondary N) is 1. The van der Waals surface area contributed by atoms with Crippen LogP contribution in [0.4, 0.5) is 10.6 Å². The molecule has 4 atom stereocenters. The minimum absolute atomic E-state index is 0.238. The van der Waals surface area contributed by atoms with Crippen molar-refractivity contribution in [2.75, 3.05) is 5.32 Å². The third kappa shape index (κ3) is 3.75. The van der Waals surface area contributed by atoms with Gasteiger partial charge in [0.15, 0.2) is 11.6 Å². The third-order valence-corrected chi connectivity index (χ3v) is 5.25. The number of hydrogen-bond acceptors (Lipinski definition) is 8. The average molecular weight is 445 g/mol. The lowest BCUT2D eigenvalue weighted by atomic mass is 9.99. The molecule has 2 unspecified atom stereocenters. The summed E-state index contributed by atoms with van der Waals surface area (Å²) in [7, 11) is 0. The van der Waals surface area contributed by atoms with E-state index in [1.165, 1.54) is 10.8 Å². The summed E-state index contributed by atoms with van der Waals surface area (Å²) >= 11 is 0. The molecule has 12 nitrogen and oxygen atoms in total. The zero-order chi connectivity index (χ0) is 23.3. The van der Waals surface area contributed by atoms with Gasteiger partial charge in [0.05, 0.1) is 11.8 Å². The van der Waals surface area contributed by atoms with Gasteiger partial charge in [-0.05, 0) is 63.8 Å². The Morgan fingerprint density at radius 2 is 2.09 bits per heavy atom. The van der Waals surface area contributed by atoms with Gasteiger partial charge in [-0.25, -0.2) is 14.3 Å². The van der Waals surface area contributed by atoms with Crippen molar-refractivity contribution in [3.63, 3.8) is 0 Å². The molecular weight excluding hydrogens is 418 g/mol. The summed E-state index contributed by atoms with van der Waals surface area (Å²) in [6.45, 7) is 10.9. The van der Waals surface area contributed by atoms with E-state index in [0.717, 1.165) is 0 Å². The van der Waals surface area contributed by atoms with Crippen molar-refractivity contribution in [1.82, 2.24) is 14.6 Å². The Bertz CT molecular complexity index is 1090. The molecule has 0 aromatic carbocycles. The summed E-state index contributed by atoms with van der Waals surface area (Å²) < 4.78 is 25.3. The lowest BCUT2D eigenvalue weighted by Crippen LogP contribution is -2.40. The number of carbonyl (C=O) groups is 1. The second kappa shape index (κ2) is 7.59. The number of amides is 1. The molecule has 2 fully saturated rings. The molecule has 4 rings (SSSR count). The quantitative estimate of drug-likeness (QED) is 0.427. The van der Waals surface area contributed by atoms with Crippen LogP contribution >= 0.6 is 0 Å². The number of aromatic nitrogens is 3. The number of ether oxygens (including phenoxy) is 4. The van der Waals surface area contributed by atoms with Gasteiger partial charge in [0.25, 0.3) is 0 Å². The Labute approximate surface area is 184 Å². The van der Waals surface area contributed by atoms with Gasteiger partial charge in [-0.3, -0.25) is 5.32 Å². The van der Waals surface area contributed by atoms with Crippen LogP contribution in [-0.2, 0) is 24.7 Å². The molecule has 2 aromatic rings.